The van der Waals surface area contributed by atoms with Crippen molar-refractivity contribution in [1.82, 2.24) is 20.0 Å². The van der Waals surface area contributed by atoms with Crippen LogP contribution in [-0.2, 0) is 11.4 Å². The molecule has 2 aliphatic heterocycles. The van der Waals surface area contributed by atoms with Crippen molar-refractivity contribution < 1.29 is 13.9 Å². The Kier molecular flexibility index (Phi) is 5.64. The van der Waals surface area contributed by atoms with Crippen molar-refractivity contribution in [2.45, 2.75) is 76.1 Å². The molecular formula is C26H33FN4O2S. The number of alkyl halides is 1. The first kappa shape index (κ1) is 22.4. The summed E-state index contributed by atoms with van der Waals surface area (Å²) in [6.45, 7) is 6.17. The van der Waals surface area contributed by atoms with Crippen molar-refractivity contribution in [2.24, 2.45) is 5.41 Å². The van der Waals surface area contributed by atoms with Gasteiger partial charge in [-0.05, 0) is 82.5 Å². The molecule has 2 aliphatic carbocycles. The summed E-state index contributed by atoms with van der Waals surface area (Å²) in [7, 11) is 0. The van der Waals surface area contributed by atoms with Gasteiger partial charge in [-0.25, -0.2) is 4.39 Å². The molecule has 8 heteroatoms. The number of amides is 1. The highest BCUT2D eigenvalue weighted by atomic mass is 32.1. The van der Waals surface area contributed by atoms with E-state index >= 15 is 0 Å². The number of para-hydroxylation sites is 1. The van der Waals surface area contributed by atoms with Crippen molar-refractivity contribution in [3.05, 3.63) is 39.8 Å². The quantitative estimate of drug-likeness (QED) is 0.605. The highest BCUT2D eigenvalue weighted by Gasteiger charge is 2.58. The van der Waals surface area contributed by atoms with Crippen LogP contribution in [0.4, 0.5) is 4.39 Å². The van der Waals surface area contributed by atoms with Crippen LogP contribution in [0, 0.1) is 12.3 Å². The molecule has 3 heterocycles. The number of hydrogen-bond acceptors (Lipinski definition) is 6. The van der Waals surface area contributed by atoms with Gasteiger partial charge in [-0.15, -0.1) is 10.2 Å². The zero-order chi connectivity index (χ0) is 23.3. The Morgan fingerprint density at radius 3 is 2.62 bits per heavy atom. The van der Waals surface area contributed by atoms with Gasteiger partial charge in [0, 0.05) is 24.5 Å². The summed E-state index contributed by atoms with van der Waals surface area (Å²) < 4.78 is 20.3. The van der Waals surface area contributed by atoms with Crippen LogP contribution in [-0.4, -0.2) is 63.8 Å². The van der Waals surface area contributed by atoms with Crippen molar-refractivity contribution >= 4 is 17.2 Å². The van der Waals surface area contributed by atoms with Gasteiger partial charge in [-0.2, -0.15) is 0 Å². The average molecular weight is 485 g/mol. The molecule has 1 unspecified atom stereocenters. The van der Waals surface area contributed by atoms with E-state index in [0.717, 1.165) is 61.2 Å². The molecule has 0 N–H and O–H groups in total. The van der Waals surface area contributed by atoms with Crippen LogP contribution in [0.15, 0.2) is 24.3 Å². The second-order valence-corrected chi connectivity index (χ2v) is 12.1. The van der Waals surface area contributed by atoms with Gasteiger partial charge < -0.3 is 14.5 Å². The molecule has 0 radical (unpaired) electrons. The van der Waals surface area contributed by atoms with Crippen LogP contribution in [0.1, 0.15) is 66.4 Å². The molecule has 6 nitrogen and oxygen atoms in total. The third-order valence-corrected chi connectivity index (χ3v) is 9.22. The molecule has 34 heavy (non-hydrogen) atoms. The Morgan fingerprint density at radius 1 is 1.15 bits per heavy atom. The standard InChI is InChI=1S/C26H33FN4O2S/c1-18-28-29-23(34-18)15-33-22-5-3-2-4-21(22)19-7-12-30(13-8-19)20-6-9-25(14-20)16-31(17-25)24(32)26(27)10-11-26/h2-5,19-20H,6-17H2,1H3. The lowest BCUT2D eigenvalue weighted by molar-refractivity contribution is -0.150. The summed E-state index contributed by atoms with van der Waals surface area (Å²) in [5.74, 6) is 1.23. The number of aromatic nitrogens is 2. The Balaban J connectivity index is 1.01. The number of piperidine rings is 1. The molecule has 4 aliphatic rings. The van der Waals surface area contributed by atoms with Crippen LogP contribution in [0.25, 0.3) is 0 Å². The number of benzene rings is 1. The molecule has 0 bridgehead atoms. The lowest BCUT2D eigenvalue weighted by Gasteiger charge is -2.49. The second-order valence-electron chi connectivity index (χ2n) is 10.9. The van der Waals surface area contributed by atoms with E-state index in [-0.39, 0.29) is 11.3 Å². The Labute approximate surface area is 204 Å². The minimum absolute atomic E-state index is 0.242. The van der Waals surface area contributed by atoms with Crippen molar-refractivity contribution in [3.8, 4) is 5.75 Å². The van der Waals surface area contributed by atoms with Gasteiger partial charge in [0.25, 0.3) is 5.91 Å². The van der Waals surface area contributed by atoms with E-state index in [1.165, 1.54) is 18.4 Å². The maximum atomic E-state index is 14.1. The van der Waals surface area contributed by atoms with E-state index in [1.807, 2.05) is 13.0 Å². The normalized spacial score (nSPS) is 25.9. The first-order valence-corrected chi connectivity index (χ1v) is 13.5. The smallest absolute Gasteiger partial charge is 0.260 e. The van der Waals surface area contributed by atoms with Gasteiger partial charge in [-0.3, -0.25) is 4.79 Å². The molecule has 1 atom stereocenters. The van der Waals surface area contributed by atoms with E-state index < -0.39 is 5.67 Å². The first-order chi connectivity index (χ1) is 16.4. The highest BCUT2D eigenvalue weighted by Crippen LogP contribution is 2.51. The van der Waals surface area contributed by atoms with Gasteiger partial charge in [0.05, 0.1) is 0 Å². The maximum absolute atomic E-state index is 14.1. The van der Waals surface area contributed by atoms with Crippen molar-refractivity contribution in [3.63, 3.8) is 0 Å². The molecule has 182 valence electrons. The lowest BCUT2D eigenvalue weighted by Crippen LogP contribution is -2.60. The third-order valence-electron chi connectivity index (χ3n) is 8.41. The molecular weight excluding hydrogens is 451 g/mol. The van der Waals surface area contributed by atoms with Crippen LogP contribution < -0.4 is 4.74 Å². The van der Waals surface area contributed by atoms with Crippen LogP contribution in [0.3, 0.4) is 0 Å². The molecule has 1 aromatic carbocycles. The Hall–Kier alpha value is -2.06. The fourth-order valence-electron chi connectivity index (χ4n) is 6.35. The summed E-state index contributed by atoms with van der Waals surface area (Å²) in [4.78, 5) is 16.7. The number of carbonyl (C=O) groups excluding carboxylic acids is 1. The number of hydrogen-bond donors (Lipinski definition) is 0. The first-order valence-electron chi connectivity index (χ1n) is 12.7. The van der Waals surface area contributed by atoms with E-state index in [2.05, 4.69) is 33.3 Å². The summed E-state index contributed by atoms with van der Waals surface area (Å²) in [5.41, 5.74) is 0.0310. The van der Waals surface area contributed by atoms with Crippen LogP contribution >= 0.6 is 11.3 Å². The zero-order valence-electron chi connectivity index (χ0n) is 19.8. The summed E-state index contributed by atoms with van der Waals surface area (Å²) >= 11 is 1.58. The number of carbonyl (C=O) groups is 1. The number of rotatable bonds is 6. The van der Waals surface area contributed by atoms with Crippen molar-refractivity contribution in [2.75, 3.05) is 26.2 Å². The number of likely N-dealkylation sites (tertiary alicyclic amines) is 2. The summed E-state index contributed by atoms with van der Waals surface area (Å²) in [5, 5.41) is 10.1. The number of halogens is 1. The van der Waals surface area contributed by atoms with Gasteiger partial charge in [0.15, 0.2) is 10.7 Å². The second kappa shape index (κ2) is 8.55. The zero-order valence-corrected chi connectivity index (χ0v) is 20.7. The Morgan fingerprint density at radius 2 is 1.91 bits per heavy atom. The predicted octanol–water partition coefficient (Wildman–Crippen LogP) is 4.49. The molecule has 1 aromatic heterocycles. The molecule has 1 spiro atoms. The van der Waals surface area contributed by atoms with Crippen LogP contribution in [0.5, 0.6) is 5.75 Å². The lowest BCUT2D eigenvalue weighted by atomic mass is 9.77. The van der Waals surface area contributed by atoms with Gasteiger partial charge in [0.2, 0.25) is 0 Å². The third kappa shape index (κ3) is 4.24. The minimum Gasteiger partial charge on any atom is -0.486 e. The maximum Gasteiger partial charge on any atom is 0.260 e. The average Bonchev–Trinajstić information content (AvgIpc) is 3.23. The van der Waals surface area contributed by atoms with E-state index in [4.69, 9.17) is 4.74 Å². The Bertz CT molecular complexity index is 1060. The molecule has 1 amide bonds. The monoisotopic (exact) mass is 484 g/mol. The van der Waals surface area contributed by atoms with Gasteiger partial charge in [0.1, 0.15) is 17.4 Å². The molecule has 2 aromatic rings. The SMILES string of the molecule is Cc1nnc(COc2ccccc2C2CCN(C3CCC4(C3)CN(C(=O)C3(F)CC3)C4)CC2)s1. The molecule has 6 rings (SSSR count). The highest BCUT2D eigenvalue weighted by molar-refractivity contribution is 7.11. The fraction of sp³-hybridized carbons (Fsp3) is 0.654. The largest absolute Gasteiger partial charge is 0.486 e. The summed E-state index contributed by atoms with van der Waals surface area (Å²) in [6.07, 6.45) is 6.64. The molecule has 2 saturated heterocycles. The summed E-state index contributed by atoms with van der Waals surface area (Å²) in [6, 6.07) is 9.03. The predicted molar refractivity (Wildman–Crippen MR) is 129 cm³/mol. The topological polar surface area (TPSA) is 58.6 Å². The number of nitrogens with zero attached hydrogens (tertiary/aromatic N) is 4. The molecule has 4 fully saturated rings. The van der Waals surface area contributed by atoms with Gasteiger partial charge in [-0.1, -0.05) is 29.5 Å². The number of ether oxygens (including phenoxy) is 1. The van der Waals surface area contributed by atoms with Crippen LogP contribution in [0.2, 0.25) is 0 Å². The van der Waals surface area contributed by atoms with E-state index in [0.29, 0.717) is 31.4 Å². The number of aryl methyl sites for hydroxylation is 1. The van der Waals surface area contributed by atoms with E-state index in [9.17, 15) is 9.18 Å². The fourth-order valence-corrected chi connectivity index (χ4v) is 6.97. The minimum atomic E-state index is -1.52. The van der Waals surface area contributed by atoms with Gasteiger partial charge >= 0.3 is 0 Å². The molecule has 2 saturated carbocycles. The van der Waals surface area contributed by atoms with Crippen molar-refractivity contribution in [1.29, 1.82) is 0 Å². The van der Waals surface area contributed by atoms with E-state index in [1.54, 1.807) is 16.2 Å².